The van der Waals surface area contributed by atoms with Gasteiger partial charge < -0.3 is 10.1 Å². The molecule has 2 nitrogen and oxygen atoms in total. The number of nitrogens with one attached hydrogen (secondary N) is 1. The molecule has 0 amide bonds. The van der Waals surface area contributed by atoms with E-state index in [0.717, 1.165) is 26.1 Å². The smallest absolute Gasteiger partial charge is 0.0480 e. The summed E-state index contributed by atoms with van der Waals surface area (Å²) in [5, 5.41) is 3.77. The number of rotatable bonds is 3. The van der Waals surface area contributed by atoms with Crippen LogP contribution in [0.3, 0.4) is 0 Å². The van der Waals surface area contributed by atoms with Crippen LogP contribution in [0.15, 0.2) is 0 Å². The second-order valence-electron chi connectivity index (χ2n) is 6.65. The average Bonchev–Trinajstić information content (AvgIpc) is 1.99. The fourth-order valence-electron chi connectivity index (χ4n) is 2.77. The molecule has 1 aliphatic rings. The molecule has 0 spiro atoms. The van der Waals surface area contributed by atoms with E-state index in [1.807, 2.05) is 0 Å². The van der Waals surface area contributed by atoms with Gasteiger partial charge in [0.15, 0.2) is 0 Å². The molecule has 0 bridgehead atoms. The van der Waals surface area contributed by atoms with Crippen molar-refractivity contribution >= 4 is 0 Å². The molecular weight excluding hydrogens is 186 g/mol. The molecule has 1 saturated heterocycles. The summed E-state index contributed by atoms with van der Waals surface area (Å²) in [5.74, 6) is 0. The molecule has 0 aromatic rings. The van der Waals surface area contributed by atoms with Crippen LogP contribution in [0, 0.1) is 5.41 Å². The van der Waals surface area contributed by atoms with Crippen LogP contribution in [0.2, 0.25) is 0 Å². The summed E-state index contributed by atoms with van der Waals surface area (Å²) in [6, 6.07) is 0.649. The average molecular weight is 213 g/mol. The maximum atomic E-state index is 5.38. The summed E-state index contributed by atoms with van der Waals surface area (Å²) in [4.78, 5) is 0. The van der Waals surface area contributed by atoms with Gasteiger partial charge in [-0.05, 0) is 38.5 Å². The SMILES string of the molecule is CC(C)(C)CC(C)(C)NC1CCOCC1. The van der Waals surface area contributed by atoms with E-state index < -0.39 is 0 Å². The third-order valence-electron chi connectivity index (χ3n) is 2.79. The van der Waals surface area contributed by atoms with Crippen LogP contribution in [0.4, 0.5) is 0 Å². The maximum absolute atomic E-state index is 5.38. The molecule has 90 valence electrons. The molecule has 1 heterocycles. The Balaban J connectivity index is 2.40. The molecule has 0 atom stereocenters. The minimum Gasteiger partial charge on any atom is -0.381 e. The number of ether oxygens (including phenoxy) is 1. The van der Waals surface area contributed by atoms with Gasteiger partial charge in [-0.1, -0.05) is 20.8 Å². The quantitative estimate of drug-likeness (QED) is 0.778. The van der Waals surface area contributed by atoms with Crippen LogP contribution in [-0.2, 0) is 4.74 Å². The van der Waals surface area contributed by atoms with Crippen molar-refractivity contribution in [3.05, 3.63) is 0 Å². The van der Waals surface area contributed by atoms with Gasteiger partial charge in [-0.3, -0.25) is 0 Å². The second kappa shape index (κ2) is 4.84. The zero-order valence-corrected chi connectivity index (χ0v) is 11.0. The highest BCUT2D eigenvalue weighted by atomic mass is 16.5. The van der Waals surface area contributed by atoms with Gasteiger partial charge in [-0.15, -0.1) is 0 Å². The third kappa shape index (κ3) is 5.53. The fourth-order valence-corrected chi connectivity index (χ4v) is 2.77. The van der Waals surface area contributed by atoms with E-state index in [2.05, 4.69) is 39.9 Å². The Morgan fingerprint density at radius 3 is 2.07 bits per heavy atom. The molecule has 0 radical (unpaired) electrons. The maximum Gasteiger partial charge on any atom is 0.0480 e. The highest BCUT2D eigenvalue weighted by Gasteiger charge is 2.28. The van der Waals surface area contributed by atoms with E-state index in [1.54, 1.807) is 0 Å². The van der Waals surface area contributed by atoms with Crippen molar-refractivity contribution in [3.63, 3.8) is 0 Å². The molecule has 2 heteroatoms. The molecule has 0 aromatic heterocycles. The lowest BCUT2D eigenvalue weighted by Gasteiger charge is -2.38. The van der Waals surface area contributed by atoms with Crippen molar-refractivity contribution in [3.8, 4) is 0 Å². The van der Waals surface area contributed by atoms with Gasteiger partial charge in [0, 0.05) is 24.8 Å². The molecule has 0 unspecified atom stereocenters. The van der Waals surface area contributed by atoms with Gasteiger partial charge in [0.1, 0.15) is 0 Å². The topological polar surface area (TPSA) is 21.3 Å². The normalized spacial score (nSPS) is 20.6. The van der Waals surface area contributed by atoms with Crippen molar-refractivity contribution in [2.75, 3.05) is 13.2 Å². The highest BCUT2D eigenvalue weighted by molar-refractivity contribution is 4.87. The van der Waals surface area contributed by atoms with Gasteiger partial charge in [-0.25, -0.2) is 0 Å². The fraction of sp³-hybridized carbons (Fsp3) is 1.00. The molecule has 1 aliphatic heterocycles. The molecule has 1 rings (SSSR count). The monoisotopic (exact) mass is 213 g/mol. The van der Waals surface area contributed by atoms with E-state index in [0.29, 0.717) is 11.5 Å². The van der Waals surface area contributed by atoms with Crippen molar-refractivity contribution in [1.82, 2.24) is 5.32 Å². The Morgan fingerprint density at radius 1 is 1.07 bits per heavy atom. The number of hydrogen-bond donors (Lipinski definition) is 1. The molecule has 1 N–H and O–H groups in total. The summed E-state index contributed by atoms with van der Waals surface area (Å²) in [6.07, 6.45) is 3.53. The zero-order chi connectivity index (χ0) is 11.5. The molecule has 1 fully saturated rings. The van der Waals surface area contributed by atoms with Gasteiger partial charge in [-0.2, -0.15) is 0 Å². The second-order valence-corrected chi connectivity index (χ2v) is 6.65. The predicted molar refractivity (Wildman–Crippen MR) is 65.1 cm³/mol. The van der Waals surface area contributed by atoms with Crippen molar-refractivity contribution in [2.45, 2.75) is 65.5 Å². The third-order valence-corrected chi connectivity index (χ3v) is 2.79. The summed E-state index contributed by atoms with van der Waals surface area (Å²) in [7, 11) is 0. The first kappa shape index (κ1) is 13.0. The standard InChI is InChI=1S/C13H27NO/c1-12(2,3)10-13(4,5)14-11-6-8-15-9-7-11/h11,14H,6-10H2,1-5H3. The van der Waals surface area contributed by atoms with E-state index >= 15 is 0 Å². The van der Waals surface area contributed by atoms with E-state index in [-0.39, 0.29) is 5.54 Å². The molecule has 15 heavy (non-hydrogen) atoms. The van der Waals surface area contributed by atoms with Gasteiger partial charge in [0.25, 0.3) is 0 Å². The molecule has 0 aliphatic carbocycles. The first-order valence-electron chi connectivity index (χ1n) is 6.14. The summed E-state index contributed by atoms with van der Waals surface area (Å²) in [5.41, 5.74) is 0.627. The number of hydrogen-bond acceptors (Lipinski definition) is 2. The van der Waals surface area contributed by atoms with Crippen molar-refractivity contribution in [1.29, 1.82) is 0 Å². The lowest BCUT2D eigenvalue weighted by molar-refractivity contribution is 0.0663. The Bertz CT molecular complexity index is 187. The van der Waals surface area contributed by atoms with E-state index in [4.69, 9.17) is 4.74 Å². The van der Waals surface area contributed by atoms with Crippen LogP contribution in [0.25, 0.3) is 0 Å². The van der Waals surface area contributed by atoms with Crippen LogP contribution < -0.4 is 5.32 Å². The summed E-state index contributed by atoms with van der Waals surface area (Å²) >= 11 is 0. The van der Waals surface area contributed by atoms with Gasteiger partial charge in [0.05, 0.1) is 0 Å². The molecular formula is C13H27NO. The van der Waals surface area contributed by atoms with Gasteiger partial charge in [0.2, 0.25) is 0 Å². The van der Waals surface area contributed by atoms with Gasteiger partial charge >= 0.3 is 0 Å². The lowest BCUT2D eigenvalue weighted by atomic mass is 9.81. The van der Waals surface area contributed by atoms with Crippen molar-refractivity contribution < 1.29 is 4.74 Å². The molecule has 0 saturated carbocycles. The first-order chi connectivity index (χ1) is 6.79. The predicted octanol–water partition coefficient (Wildman–Crippen LogP) is 2.97. The minimum atomic E-state index is 0.236. The minimum absolute atomic E-state index is 0.236. The Morgan fingerprint density at radius 2 is 1.60 bits per heavy atom. The first-order valence-corrected chi connectivity index (χ1v) is 6.14. The largest absolute Gasteiger partial charge is 0.381 e. The Hall–Kier alpha value is -0.0800. The van der Waals surface area contributed by atoms with Crippen LogP contribution in [-0.4, -0.2) is 24.8 Å². The van der Waals surface area contributed by atoms with Crippen molar-refractivity contribution in [2.24, 2.45) is 5.41 Å². The summed E-state index contributed by atoms with van der Waals surface area (Å²) in [6.45, 7) is 13.4. The highest BCUT2D eigenvalue weighted by Crippen LogP contribution is 2.27. The lowest BCUT2D eigenvalue weighted by Crippen LogP contribution is -2.49. The van der Waals surface area contributed by atoms with Crippen LogP contribution in [0.5, 0.6) is 0 Å². The summed E-state index contributed by atoms with van der Waals surface area (Å²) < 4.78 is 5.38. The Kier molecular flexibility index (Phi) is 4.19. The van der Waals surface area contributed by atoms with Crippen LogP contribution in [0.1, 0.15) is 53.9 Å². The van der Waals surface area contributed by atoms with E-state index in [9.17, 15) is 0 Å². The molecule has 0 aromatic carbocycles. The van der Waals surface area contributed by atoms with E-state index in [1.165, 1.54) is 6.42 Å². The van der Waals surface area contributed by atoms with Crippen LogP contribution >= 0.6 is 0 Å². The zero-order valence-electron chi connectivity index (χ0n) is 11.0. The Labute approximate surface area is 94.8 Å².